The fourth-order valence-electron chi connectivity index (χ4n) is 8.97. The van der Waals surface area contributed by atoms with Crippen molar-refractivity contribution in [2.24, 2.45) is 0 Å². The maximum atomic E-state index is 13.9. The molecule has 16 heteroatoms. The number of hydrogen-bond acceptors (Lipinski definition) is 15. The lowest BCUT2D eigenvalue weighted by Gasteiger charge is -2.33. The van der Waals surface area contributed by atoms with Crippen molar-refractivity contribution < 1.29 is 48.8 Å². The lowest BCUT2D eigenvalue weighted by Crippen LogP contribution is -2.52. The Hall–Kier alpha value is -5.66. The lowest BCUT2D eigenvalue weighted by atomic mass is 10.1. The van der Waals surface area contributed by atoms with E-state index >= 15 is 0 Å². The number of benzene rings is 4. The monoisotopic (exact) mass is 905 g/mol. The molecule has 4 N–H and O–H groups in total. The van der Waals surface area contributed by atoms with Gasteiger partial charge in [-0.25, -0.2) is 14.8 Å². The molecular weight excluding hydrogens is 847 g/mol. The second-order valence-corrected chi connectivity index (χ2v) is 16.5. The number of hydrogen-bond donors (Lipinski definition) is 4. The van der Waals surface area contributed by atoms with E-state index < -0.39 is 24.7 Å². The van der Waals surface area contributed by atoms with E-state index in [2.05, 4.69) is 16.3 Å². The summed E-state index contributed by atoms with van der Waals surface area (Å²) < 4.78 is 31.8. The summed E-state index contributed by atoms with van der Waals surface area (Å²) in [4.78, 5) is 33.7. The van der Waals surface area contributed by atoms with Crippen LogP contribution < -0.4 is 40.7 Å². The first-order valence-electron chi connectivity index (χ1n) is 22.3. The molecule has 0 saturated carbocycles. The molecule has 4 aromatic carbocycles. The summed E-state index contributed by atoms with van der Waals surface area (Å²) in [6.45, 7) is 2.52. The molecule has 0 saturated heterocycles. The van der Waals surface area contributed by atoms with E-state index in [4.69, 9.17) is 38.4 Å². The minimum Gasteiger partial charge on any atom is -0.493 e. The van der Waals surface area contributed by atoms with Gasteiger partial charge in [-0.05, 0) is 91.6 Å². The van der Waals surface area contributed by atoms with Gasteiger partial charge in [0.1, 0.15) is 30.4 Å². The molecule has 0 fully saturated rings. The number of aliphatic hydroxyl groups is 3. The lowest BCUT2D eigenvalue weighted by molar-refractivity contribution is -0.296. The second kappa shape index (κ2) is 21.8. The molecule has 5 aromatic rings. The number of likely N-dealkylation sites (N-methyl/N-ethyl adjacent to an activating group) is 1. The molecule has 0 spiro atoms. The molecule has 0 amide bonds. The van der Waals surface area contributed by atoms with Gasteiger partial charge in [0.15, 0.2) is 24.0 Å². The van der Waals surface area contributed by atoms with Crippen LogP contribution in [0, 0.1) is 0 Å². The summed E-state index contributed by atoms with van der Waals surface area (Å²) in [6, 6.07) is 27.2. The number of aliphatic hydroxyl groups excluding tert-OH is 2. The van der Waals surface area contributed by atoms with Crippen LogP contribution >= 0.6 is 0 Å². The van der Waals surface area contributed by atoms with Gasteiger partial charge in [0.25, 0.3) is 5.56 Å². The van der Waals surface area contributed by atoms with Crippen molar-refractivity contribution in [3.8, 4) is 22.9 Å². The minimum absolute atomic E-state index is 0.0506. The predicted molar refractivity (Wildman–Crippen MR) is 248 cm³/mol. The number of aromatic nitrogens is 2. The van der Waals surface area contributed by atoms with Gasteiger partial charge >= 0.3 is 0 Å². The van der Waals surface area contributed by atoms with E-state index in [1.165, 1.54) is 5.56 Å². The number of anilines is 2. The first kappa shape index (κ1) is 46.9. The summed E-state index contributed by atoms with van der Waals surface area (Å²) in [5.41, 5.74) is 6.07. The summed E-state index contributed by atoms with van der Waals surface area (Å²) in [5.74, 6) is 2.00. The standard InChI is InChI=1S/C50H59N5O11/c1-51-30-37-24-33-10-5-7-12-41(33)54(37)49(58)35-15-16-43(44(25-35)61-3)66-38-23-32(22-36(27-38)53(17-9-14-48(56)57)18-19-64-65-21-20-60-2)31-63-46-29-40-39(28-45(46)62-4)50(59)55-42-13-8-6-11-34(42)26-47(55)52-40/h5-8,10-13,15-16,22-23,25,27-29,37,45-46,48-49,51,56-58H,9,14,17-21,24,26,30-31H2,1-4H3. The summed E-state index contributed by atoms with van der Waals surface area (Å²) >= 11 is 0. The molecule has 0 bridgehead atoms. The molecule has 66 heavy (non-hydrogen) atoms. The highest BCUT2D eigenvalue weighted by Crippen LogP contribution is 2.41. The van der Waals surface area contributed by atoms with Gasteiger partial charge in [-0.2, -0.15) is 0 Å². The zero-order valence-corrected chi connectivity index (χ0v) is 37.8. The van der Waals surface area contributed by atoms with Crippen molar-refractivity contribution in [3.63, 3.8) is 0 Å². The topological polar surface area (TPSA) is 179 Å². The Kier molecular flexibility index (Phi) is 15.4. The van der Waals surface area contributed by atoms with Crippen LogP contribution in [0.2, 0.25) is 0 Å². The SMILES string of the molecule is CNCC1Cc2ccccc2N1C(O)c1ccc(Oc2cc(COC3C=c4nc5n(c(=O)c4=CC3OC)-c3ccccc3C5)cc(N(CCCC(O)O)CCOOCCOC)c2)c(OC)c1. The summed E-state index contributed by atoms with van der Waals surface area (Å²) in [5, 5.41) is 35.6. The Morgan fingerprint density at radius 1 is 0.848 bits per heavy atom. The second-order valence-electron chi connectivity index (χ2n) is 16.5. The first-order chi connectivity index (χ1) is 32.2. The molecule has 8 rings (SSSR count). The van der Waals surface area contributed by atoms with Crippen molar-refractivity contribution >= 4 is 23.5 Å². The molecule has 1 aromatic heterocycles. The molecule has 1 aliphatic carbocycles. The van der Waals surface area contributed by atoms with Crippen LogP contribution in [0.4, 0.5) is 11.4 Å². The molecule has 2 aliphatic heterocycles. The highest BCUT2D eigenvalue weighted by atomic mass is 17.2. The van der Waals surface area contributed by atoms with E-state index in [9.17, 15) is 20.1 Å². The van der Waals surface area contributed by atoms with Gasteiger partial charge in [-0.15, -0.1) is 0 Å². The number of nitrogens with one attached hydrogen (secondary N) is 1. The molecule has 4 unspecified atom stereocenters. The van der Waals surface area contributed by atoms with Gasteiger partial charge in [-0.3, -0.25) is 9.36 Å². The minimum atomic E-state index is -1.45. The Bertz CT molecular complexity index is 2640. The van der Waals surface area contributed by atoms with Crippen LogP contribution in [0.5, 0.6) is 17.2 Å². The van der Waals surface area contributed by atoms with Crippen molar-refractivity contribution in [2.75, 3.05) is 77.6 Å². The quantitative estimate of drug-likeness (QED) is 0.0319. The fourth-order valence-corrected chi connectivity index (χ4v) is 8.97. The van der Waals surface area contributed by atoms with Crippen LogP contribution in [0.25, 0.3) is 17.8 Å². The van der Waals surface area contributed by atoms with E-state index in [1.807, 2.05) is 84.8 Å². The molecule has 0 radical (unpaired) electrons. The predicted octanol–water partition coefficient (Wildman–Crippen LogP) is 3.25. The maximum Gasteiger partial charge on any atom is 0.265 e. The zero-order chi connectivity index (χ0) is 46.2. The molecule has 3 heterocycles. The van der Waals surface area contributed by atoms with Gasteiger partial charge in [0, 0.05) is 69.3 Å². The Labute approximate surface area is 383 Å². The van der Waals surface area contributed by atoms with E-state index in [0.29, 0.717) is 78.3 Å². The van der Waals surface area contributed by atoms with E-state index in [0.717, 1.165) is 34.6 Å². The molecule has 16 nitrogen and oxygen atoms in total. The number of ether oxygens (including phenoxy) is 5. The molecule has 4 atom stereocenters. The van der Waals surface area contributed by atoms with Crippen LogP contribution in [0.1, 0.15) is 47.1 Å². The van der Waals surface area contributed by atoms with Crippen molar-refractivity contribution in [2.45, 2.75) is 63.1 Å². The average Bonchev–Trinajstić information content (AvgIpc) is 3.89. The third-order valence-electron chi connectivity index (χ3n) is 12.1. The van der Waals surface area contributed by atoms with Crippen LogP contribution in [-0.2, 0) is 43.4 Å². The van der Waals surface area contributed by atoms with Crippen LogP contribution in [-0.4, -0.2) is 117 Å². The molecular formula is C50H59N5O11. The zero-order valence-electron chi connectivity index (χ0n) is 37.8. The third kappa shape index (κ3) is 10.5. The average molecular weight is 906 g/mol. The Morgan fingerprint density at radius 3 is 2.41 bits per heavy atom. The Balaban J connectivity index is 1.09. The number of fused-ring (bicyclic) bond motifs is 5. The molecule has 350 valence electrons. The van der Waals surface area contributed by atoms with Crippen LogP contribution in [0.3, 0.4) is 0 Å². The first-order valence-corrected chi connectivity index (χ1v) is 22.3. The fraction of sp³-hybridized carbons (Fsp3) is 0.400. The maximum absolute atomic E-state index is 13.9. The normalized spacial score (nSPS) is 17.4. The van der Waals surface area contributed by atoms with Gasteiger partial charge < -0.3 is 54.1 Å². The summed E-state index contributed by atoms with van der Waals surface area (Å²) in [6.07, 6.45) is 2.09. The third-order valence-corrected chi connectivity index (χ3v) is 12.1. The largest absolute Gasteiger partial charge is 0.493 e. The van der Waals surface area contributed by atoms with Gasteiger partial charge in [-0.1, -0.05) is 42.5 Å². The van der Waals surface area contributed by atoms with Crippen molar-refractivity contribution in [1.82, 2.24) is 14.9 Å². The number of methoxy groups -OCH3 is 3. The number of nitrogens with zero attached hydrogens (tertiary/aromatic N) is 4. The molecule has 3 aliphatic rings. The van der Waals surface area contributed by atoms with Crippen molar-refractivity contribution in [3.05, 3.63) is 134 Å². The Morgan fingerprint density at radius 2 is 1.64 bits per heavy atom. The van der Waals surface area contributed by atoms with E-state index in [-0.39, 0.29) is 37.8 Å². The number of rotatable bonds is 23. The smallest absolute Gasteiger partial charge is 0.265 e. The highest BCUT2D eigenvalue weighted by molar-refractivity contribution is 5.62. The van der Waals surface area contributed by atoms with E-state index in [1.54, 1.807) is 44.1 Å². The number of para-hydroxylation sites is 2. The van der Waals surface area contributed by atoms with Gasteiger partial charge in [0.05, 0.1) is 43.2 Å². The summed E-state index contributed by atoms with van der Waals surface area (Å²) in [7, 11) is 6.64. The van der Waals surface area contributed by atoms with Gasteiger partial charge in [0.2, 0.25) is 0 Å². The van der Waals surface area contributed by atoms with Crippen LogP contribution in [0.15, 0.2) is 89.7 Å². The highest BCUT2D eigenvalue weighted by Gasteiger charge is 2.34. The van der Waals surface area contributed by atoms with Crippen molar-refractivity contribution in [1.29, 1.82) is 0 Å².